The Bertz CT molecular complexity index is 199. The highest BCUT2D eigenvalue weighted by Gasteiger charge is 2.42. The average molecular weight is 222 g/mol. The van der Waals surface area contributed by atoms with E-state index in [0.717, 1.165) is 25.7 Å². The van der Waals surface area contributed by atoms with Crippen LogP contribution in [0.25, 0.3) is 0 Å². The van der Waals surface area contributed by atoms with Crippen molar-refractivity contribution in [3.8, 4) is 0 Å². The summed E-state index contributed by atoms with van der Waals surface area (Å²) in [7, 11) is 0. The monoisotopic (exact) mass is 221 g/mol. The molecule has 1 aliphatic carbocycles. The van der Waals surface area contributed by atoms with Crippen LogP contribution in [0.5, 0.6) is 0 Å². The number of ether oxygens (including phenoxy) is 1. The lowest BCUT2D eigenvalue weighted by atomic mass is 9.72. The van der Waals surface area contributed by atoms with Gasteiger partial charge in [-0.05, 0) is 26.7 Å². The summed E-state index contributed by atoms with van der Waals surface area (Å²) in [5.74, 6) is -0.123. The molecule has 0 bridgehead atoms. The van der Waals surface area contributed by atoms with E-state index in [1.54, 1.807) is 0 Å². The van der Waals surface area contributed by atoms with Crippen LogP contribution in [0.15, 0.2) is 0 Å². The normalized spacial score (nSPS) is 31.8. The van der Waals surface area contributed by atoms with Gasteiger partial charge in [0.15, 0.2) is 0 Å². The number of carbonyl (C=O) groups excluding carboxylic acids is 1. The average Bonchev–Trinajstić information content (AvgIpc) is 2.11. The molecule has 2 N–H and O–H groups in total. The van der Waals surface area contributed by atoms with Crippen molar-refractivity contribution in [1.82, 2.24) is 0 Å². The Kier molecular flexibility index (Phi) is 5.45. The van der Waals surface area contributed by atoms with Gasteiger partial charge < -0.3 is 10.5 Å². The third-order valence-corrected chi connectivity index (χ3v) is 3.02. The summed E-state index contributed by atoms with van der Waals surface area (Å²) in [4.78, 5) is 11.6. The second-order valence-electron chi connectivity index (χ2n) is 3.99. The Hall–Kier alpha value is -0.280. The van der Waals surface area contributed by atoms with E-state index in [1.807, 2.05) is 13.8 Å². The predicted molar refractivity (Wildman–Crippen MR) is 58.4 cm³/mol. The van der Waals surface area contributed by atoms with Gasteiger partial charge in [0.25, 0.3) is 0 Å². The highest BCUT2D eigenvalue weighted by atomic mass is 35.5. The SMILES string of the molecule is CCOC(=O)C1(C)CCCCC1N.Cl. The van der Waals surface area contributed by atoms with Gasteiger partial charge in [0, 0.05) is 6.04 Å². The Morgan fingerprint density at radius 3 is 2.71 bits per heavy atom. The molecule has 1 fully saturated rings. The van der Waals surface area contributed by atoms with Crippen LogP contribution >= 0.6 is 12.4 Å². The van der Waals surface area contributed by atoms with Gasteiger partial charge in [0.05, 0.1) is 12.0 Å². The molecule has 1 rings (SSSR count). The molecular weight excluding hydrogens is 202 g/mol. The number of nitrogens with two attached hydrogens (primary N) is 1. The van der Waals surface area contributed by atoms with Crippen molar-refractivity contribution in [1.29, 1.82) is 0 Å². The van der Waals surface area contributed by atoms with Crippen molar-refractivity contribution < 1.29 is 9.53 Å². The Morgan fingerprint density at radius 2 is 2.21 bits per heavy atom. The van der Waals surface area contributed by atoms with Crippen molar-refractivity contribution >= 4 is 18.4 Å². The molecule has 3 nitrogen and oxygen atoms in total. The first-order chi connectivity index (χ1) is 6.11. The van der Waals surface area contributed by atoms with Crippen LogP contribution in [0.1, 0.15) is 39.5 Å². The summed E-state index contributed by atoms with van der Waals surface area (Å²) in [6.07, 6.45) is 4.03. The van der Waals surface area contributed by atoms with Crippen molar-refractivity contribution in [3.63, 3.8) is 0 Å². The van der Waals surface area contributed by atoms with Crippen LogP contribution in [-0.4, -0.2) is 18.6 Å². The molecule has 1 saturated carbocycles. The lowest BCUT2D eigenvalue weighted by Crippen LogP contribution is -2.48. The maximum absolute atomic E-state index is 11.6. The van der Waals surface area contributed by atoms with Gasteiger partial charge in [-0.25, -0.2) is 0 Å². The summed E-state index contributed by atoms with van der Waals surface area (Å²) >= 11 is 0. The molecule has 0 heterocycles. The smallest absolute Gasteiger partial charge is 0.313 e. The lowest BCUT2D eigenvalue weighted by molar-refractivity contribution is -0.157. The first kappa shape index (κ1) is 13.7. The summed E-state index contributed by atoms with van der Waals surface area (Å²) in [6, 6.07) is -0.0275. The minimum absolute atomic E-state index is 0. The largest absolute Gasteiger partial charge is 0.466 e. The van der Waals surface area contributed by atoms with E-state index >= 15 is 0 Å². The molecule has 1 aliphatic rings. The molecule has 84 valence electrons. The lowest BCUT2D eigenvalue weighted by Gasteiger charge is -2.36. The number of esters is 1. The number of hydrogen-bond donors (Lipinski definition) is 1. The quantitative estimate of drug-likeness (QED) is 0.725. The van der Waals surface area contributed by atoms with Gasteiger partial charge in [0.1, 0.15) is 0 Å². The molecule has 0 spiro atoms. The molecule has 0 aromatic heterocycles. The summed E-state index contributed by atoms with van der Waals surface area (Å²) in [6.45, 7) is 4.20. The molecule has 4 heteroatoms. The molecule has 14 heavy (non-hydrogen) atoms. The van der Waals surface area contributed by atoms with Crippen molar-refractivity contribution in [2.24, 2.45) is 11.1 Å². The highest BCUT2D eigenvalue weighted by Crippen LogP contribution is 2.35. The zero-order valence-electron chi connectivity index (χ0n) is 8.91. The molecule has 0 saturated heterocycles. The van der Waals surface area contributed by atoms with Crippen molar-refractivity contribution in [2.45, 2.75) is 45.6 Å². The van der Waals surface area contributed by atoms with Crippen molar-refractivity contribution in [3.05, 3.63) is 0 Å². The third kappa shape index (κ3) is 2.61. The number of carbonyl (C=O) groups is 1. The molecule has 0 aliphatic heterocycles. The molecule has 2 atom stereocenters. The Morgan fingerprint density at radius 1 is 1.57 bits per heavy atom. The summed E-state index contributed by atoms with van der Waals surface area (Å²) < 4.78 is 5.04. The maximum Gasteiger partial charge on any atom is 0.313 e. The van der Waals surface area contributed by atoms with Gasteiger partial charge >= 0.3 is 5.97 Å². The predicted octanol–water partition coefficient (Wildman–Crippen LogP) is 1.88. The summed E-state index contributed by atoms with van der Waals surface area (Å²) in [5, 5.41) is 0. The van der Waals surface area contributed by atoms with Gasteiger partial charge in [-0.15, -0.1) is 12.4 Å². The van der Waals surface area contributed by atoms with Crippen LogP contribution < -0.4 is 5.73 Å². The molecule has 0 radical (unpaired) electrons. The van der Waals surface area contributed by atoms with Gasteiger partial charge in [-0.2, -0.15) is 0 Å². The second-order valence-corrected chi connectivity index (χ2v) is 3.99. The van der Waals surface area contributed by atoms with Gasteiger partial charge in [-0.3, -0.25) is 4.79 Å². The van der Waals surface area contributed by atoms with Crippen molar-refractivity contribution in [2.75, 3.05) is 6.61 Å². The van der Waals surface area contributed by atoms with E-state index < -0.39 is 5.41 Å². The molecular formula is C10H20ClNO2. The van der Waals surface area contributed by atoms with E-state index in [9.17, 15) is 4.79 Å². The van der Waals surface area contributed by atoms with Crippen LogP contribution in [-0.2, 0) is 9.53 Å². The third-order valence-electron chi connectivity index (χ3n) is 3.02. The topological polar surface area (TPSA) is 52.3 Å². The van der Waals surface area contributed by atoms with Crippen LogP contribution in [0.3, 0.4) is 0 Å². The first-order valence-corrected chi connectivity index (χ1v) is 5.04. The number of hydrogen-bond acceptors (Lipinski definition) is 3. The molecule has 0 amide bonds. The van der Waals surface area contributed by atoms with Crippen LogP contribution in [0, 0.1) is 5.41 Å². The molecule has 0 aromatic rings. The first-order valence-electron chi connectivity index (χ1n) is 5.04. The van der Waals surface area contributed by atoms with E-state index in [4.69, 9.17) is 10.5 Å². The standard InChI is InChI=1S/C10H19NO2.ClH/c1-3-13-9(12)10(2)7-5-4-6-8(10)11;/h8H,3-7,11H2,1-2H3;1H. The van der Waals surface area contributed by atoms with Crippen LogP contribution in [0.4, 0.5) is 0 Å². The minimum atomic E-state index is -0.436. The highest BCUT2D eigenvalue weighted by molar-refractivity contribution is 5.85. The number of halogens is 1. The van der Waals surface area contributed by atoms with E-state index in [0.29, 0.717) is 6.61 Å². The van der Waals surface area contributed by atoms with Crippen LogP contribution in [0.2, 0.25) is 0 Å². The van der Waals surface area contributed by atoms with E-state index in [2.05, 4.69) is 0 Å². The Labute approximate surface area is 91.8 Å². The molecule has 0 aromatic carbocycles. The molecule has 2 unspecified atom stereocenters. The fraction of sp³-hybridized carbons (Fsp3) is 0.900. The zero-order chi connectivity index (χ0) is 9.90. The zero-order valence-corrected chi connectivity index (χ0v) is 9.73. The van der Waals surface area contributed by atoms with Gasteiger partial charge in [0.2, 0.25) is 0 Å². The van der Waals surface area contributed by atoms with E-state index in [1.165, 1.54) is 0 Å². The Balaban J connectivity index is 0.00000169. The minimum Gasteiger partial charge on any atom is -0.466 e. The maximum atomic E-state index is 11.6. The van der Waals surface area contributed by atoms with Gasteiger partial charge in [-0.1, -0.05) is 12.8 Å². The number of rotatable bonds is 2. The second kappa shape index (κ2) is 5.56. The summed E-state index contributed by atoms with van der Waals surface area (Å²) in [5.41, 5.74) is 5.51. The fourth-order valence-electron chi connectivity index (χ4n) is 1.91. The fourth-order valence-corrected chi connectivity index (χ4v) is 1.91. The van der Waals surface area contributed by atoms with E-state index in [-0.39, 0.29) is 24.4 Å².